The van der Waals surface area contributed by atoms with Gasteiger partial charge >= 0.3 is 5.97 Å². The van der Waals surface area contributed by atoms with Crippen LogP contribution < -0.4 is 10.9 Å². The minimum atomic E-state index is -1.04. The molecule has 4 N–H and O–H groups in total. The Hall–Kier alpha value is -4.55. The number of fused-ring (bicyclic) bond motifs is 2. The first kappa shape index (κ1) is 26.1. The van der Waals surface area contributed by atoms with Crippen molar-refractivity contribution in [2.75, 3.05) is 40.3 Å². The van der Waals surface area contributed by atoms with Crippen LogP contribution in [0.3, 0.4) is 0 Å². The van der Waals surface area contributed by atoms with Gasteiger partial charge in [0.1, 0.15) is 24.0 Å². The van der Waals surface area contributed by atoms with Crippen molar-refractivity contribution >= 4 is 27.8 Å². The van der Waals surface area contributed by atoms with Gasteiger partial charge in [-0.05, 0) is 20.2 Å². The topological polar surface area (TPSA) is 166 Å². The smallest absolute Gasteiger partial charge is 0.343 e. The van der Waals surface area contributed by atoms with Gasteiger partial charge in [-0.15, -0.1) is 0 Å². The van der Waals surface area contributed by atoms with Crippen molar-refractivity contribution in [3.05, 3.63) is 56.7 Å². The fourth-order valence-corrected chi connectivity index (χ4v) is 4.87. The van der Waals surface area contributed by atoms with Crippen LogP contribution in [0.5, 0.6) is 23.0 Å². The third kappa shape index (κ3) is 4.43. The lowest BCUT2D eigenvalue weighted by molar-refractivity contribution is 0.0233. The van der Waals surface area contributed by atoms with Crippen LogP contribution in [0.15, 0.2) is 44.7 Å². The summed E-state index contributed by atoms with van der Waals surface area (Å²) < 4.78 is 12.5. The number of phenols is 4. The van der Waals surface area contributed by atoms with Crippen LogP contribution in [0.25, 0.3) is 33.0 Å². The predicted octanol–water partition coefficient (Wildman–Crippen LogP) is 1.54. The van der Waals surface area contributed by atoms with Crippen molar-refractivity contribution in [2.24, 2.45) is 7.05 Å². The lowest BCUT2D eigenvalue weighted by atomic mass is 10.0. The number of benzene rings is 2. The number of carbonyl (C=O) groups excluding carboxylic acids is 1. The Bertz CT molecular complexity index is 1760. The molecule has 5 rings (SSSR count). The zero-order valence-corrected chi connectivity index (χ0v) is 21.5. The molecule has 2 aromatic carbocycles. The van der Waals surface area contributed by atoms with E-state index in [1.165, 1.54) is 16.8 Å². The monoisotopic (exact) mass is 537 g/mol. The second-order valence-electron chi connectivity index (χ2n) is 9.81. The summed E-state index contributed by atoms with van der Waals surface area (Å²) in [6, 6.07) is 3.18. The largest absolute Gasteiger partial charge is 0.504 e. The molecule has 1 aliphatic rings. The van der Waals surface area contributed by atoms with Gasteiger partial charge in [-0.1, -0.05) is 0 Å². The van der Waals surface area contributed by atoms with Crippen molar-refractivity contribution < 1.29 is 34.4 Å². The van der Waals surface area contributed by atoms with Gasteiger partial charge in [-0.25, -0.2) is 4.79 Å². The molecule has 4 aromatic rings. The van der Waals surface area contributed by atoms with Crippen molar-refractivity contribution in [1.82, 2.24) is 14.4 Å². The number of piperazine rings is 1. The van der Waals surface area contributed by atoms with Crippen molar-refractivity contribution in [3.63, 3.8) is 0 Å². The third-order valence-corrected chi connectivity index (χ3v) is 7.19. The van der Waals surface area contributed by atoms with Crippen LogP contribution >= 0.6 is 0 Å². The van der Waals surface area contributed by atoms with E-state index < -0.39 is 45.4 Å². The molecule has 0 amide bonds. The standard InChI is InChI=1S/C27H27N3O9/c1-28-4-5-29(2)13(9-28)11-39-27(37)23-22-21(8-20(33)26(23)36)38-12-16(25(22)35)15-10-30(3)17-7-19(32)18(31)6-14(17)24(15)34/h6-8,10,12-13,31-33,36H,4-5,9,11H2,1-3H3. The van der Waals surface area contributed by atoms with Gasteiger partial charge in [0.05, 0.1) is 33.5 Å². The van der Waals surface area contributed by atoms with Crippen LogP contribution in [0, 0.1) is 0 Å². The fourth-order valence-electron chi connectivity index (χ4n) is 4.87. The average Bonchev–Trinajstić information content (AvgIpc) is 2.89. The van der Waals surface area contributed by atoms with Gasteiger partial charge in [-0.2, -0.15) is 0 Å². The number of likely N-dealkylation sites (N-methyl/N-ethyl adjacent to an activating group) is 2. The molecule has 39 heavy (non-hydrogen) atoms. The number of hydrogen-bond donors (Lipinski definition) is 4. The zero-order valence-electron chi connectivity index (χ0n) is 21.5. The Labute approximate surface area is 221 Å². The molecule has 0 bridgehead atoms. The highest BCUT2D eigenvalue weighted by molar-refractivity contribution is 6.07. The second kappa shape index (κ2) is 9.64. The molecule has 1 fully saturated rings. The molecule has 1 aliphatic heterocycles. The number of esters is 1. The van der Waals surface area contributed by atoms with Gasteiger partial charge in [0, 0.05) is 45.0 Å². The molecule has 0 saturated carbocycles. The first-order chi connectivity index (χ1) is 18.5. The van der Waals surface area contributed by atoms with Crippen molar-refractivity contribution in [2.45, 2.75) is 6.04 Å². The van der Waals surface area contributed by atoms with E-state index in [1.54, 1.807) is 7.05 Å². The fraction of sp³-hybridized carbons (Fsp3) is 0.296. The Morgan fingerprint density at radius 1 is 0.974 bits per heavy atom. The maximum atomic E-state index is 13.7. The molecule has 2 aromatic heterocycles. The van der Waals surface area contributed by atoms with E-state index >= 15 is 0 Å². The molecular weight excluding hydrogens is 510 g/mol. The van der Waals surface area contributed by atoms with E-state index in [1.807, 2.05) is 19.0 Å². The molecule has 12 nitrogen and oxygen atoms in total. The quantitative estimate of drug-likeness (QED) is 0.220. The number of nitrogens with zero attached hydrogens (tertiary/aromatic N) is 3. The summed E-state index contributed by atoms with van der Waals surface area (Å²) in [7, 11) is 5.43. The Balaban J connectivity index is 1.64. The highest BCUT2D eigenvalue weighted by atomic mass is 16.5. The number of ether oxygens (including phenoxy) is 1. The minimum absolute atomic E-state index is 0.0250. The van der Waals surface area contributed by atoms with Crippen molar-refractivity contribution in [3.8, 4) is 34.1 Å². The number of phenolic OH excluding ortho intramolecular Hbond substituents is 4. The Morgan fingerprint density at radius 2 is 1.69 bits per heavy atom. The van der Waals surface area contributed by atoms with Crippen LogP contribution in [-0.2, 0) is 11.8 Å². The summed E-state index contributed by atoms with van der Waals surface area (Å²) in [4.78, 5) is 44.4. The summed E-state index contributed by atoms with van der Waals surface area (Å²) >= 11 is 0. The molecule has 1 unspecified atom stereocenters. The molecule has 0 aliphatic carbocycles. The summed E-state index contributed by atoms with van der Waals surface area (Å²) in [5.41, 5.74) is -2.24. The lowest BCUT2D eigenvalue weighted by Crippen LogP contribution is -2.52. The normalized spacial score (nSPS) is 16.6. The molecule has 3 heterocycles. The van der Waals surface area contributed by atoms with Gasteiger partial charge in [-0.3, -0.25) is 14.5 Å². The van der Waals surface area contributed by atoms with E-state index in [9.17, 15) is 34.8 Å². The summed E-state index contributed by atoms with van der Waals surface area (Å²) in [5, 5.41) is 40.3. The van der Waals surface area contributed by atoms with Gasteiger partial charge in [0.25, 0.3) is 0 Å². The van der Waals surface area contributed by atoms with E-state index in [4.69, 9.17) is 9.15 Å². The zero-order chi connectivity index (χ0) is 28.2. The highest BCUT2D eigenvalue weighted by Crippen LogP contribution is 2.36. The van der Waals surface area contributed by atoms with Crippen LogP contribution in [0.1, 0.15) is 10.4 Å². The number of hydrogen-bond acceptors (Lipinski definition) is 11. The maximum Gasteiger partial charge on any atom is 0.343 e. The summed E-state index contributed by atoms with van der Waals surface area (Å²) in [6.07, 6.45) is 2.37. The molecule has 1 saturated heterocycles. The number of aromatic hydroxyl groups is 4. The summed E-state index contributed by atoms with van der Waals surface area (Å²) in [6.45, 7) is 2.24. The first-order valence-electron chi connectivity index (χ1n) is 12.1. The third-order valence-electron chi connectivity index (χ3n) is 7.19. The second-order valence-corrected chi connectivity index (χ2v) is 9.81. The Morgan fingerprint density at radius 3 is 2.44 bits per heavy atom. The summed E-state index contributed by atoms with van der Waals surface area (Å²) in [5.74, 6) is -3.50. The lowest BCUT2D eigenvalue weighted by Gasteiger charge is -2.37. The molecule has 204 valence electrons. The molecule has 0 radical (unpaired) electrons. The van der Waals surface area contributed by atoms with E-state index in [0.29, 0.717) is 12.1 Å². The van der Waals surface area contributed by atoms with Crippen LogP contribution in [-0.4, -0.2) is 87.1 Å². The minimum Gasteiger partial charge on any atom is -0.504 e. The maximum absolute atomic E-state index is 13.7. The van der Waals surface area contributed by atoms with E-state index in [2.05, 4.69) is 4.90 Å². The number of carbonyl (C=O) groups is 1. The van der Waals surface area contributed by atoms with Gasteiger partial charge in [0.2, 0.25) is 5.43 Å². The molecule has 12 heteroatoms. The van der Waals surface area contributed by atoms with Gasteiger partial charge < -0.3 is 39.0 Å². The average molecular weight is 538 g/mol. The molecule has 0 spiro atoms. The number of rotatable bonds is 4. The number of pyridine rings is 1. The van der Waals surface area contributed by atoms with Crippen LogP contribution in [0.2, 0.25) is 0 Å². The molecular formula is C27H27N3O9. The first-order valence-corrected chi connectivity index (χ1v) is 12.1. The SMILES string of the molecule is CN1CCN(C)C(COC(=O)c2c(O)c(O)cc3occ(-c4cn(C)c5cc(O)c(O)cc5c4=O)c(=O)c23)C1. The van der Waals surface area contributed by atoms with Crippen molar-refractivity contribution in [1.29, 1.82) is 0 Å². The highest BCUT2D eigenvalue weighted by Gasteiger charge is 2.29. The van der Waals surface area contributed by atoms with Gasteiger partial charge in [0.15, 0.2) is 28.4 Å². The Kier molecular flexibility index (Phi) is 6.44. The van der Waals surface area contributed by atoms with E-state index in [0.717, 1.165) is 31.5 Å². The number of aryl methyl sites for hydroxylation is 1. The number of aromatic nitrogens is 1. The molecule has 1 atom stereocenters. The van der Waals surface area contributed by atoms with Crippen LogP contribution in [0.4, 0.5) is 0 Å². The van der Waals surface area contributed by atoms with E-state index in [-0.39, 0.29) is 40.1 Å². The predicted molar refractivity (Wildman–Crippen MR) is 142 cm³/mol.